The highest BCUT2D eigenvalue weighted by Gasteiger charge is 2.44. The molecule has 0 radical (unpaired) electrons. The van der Waals surface area contributed by atoms with Gasteiger partial charge in [0.05, 0.1) is 36.7 Å². The summed E-state index contributed by atoms with van der Waals surface area (Å²) in [5.41, 5.74) is 2.84. The Morgan fingerprint density at radius 3 is 2.54 bits per heavy atom. The Morgan fingerprint density at radius 1 is 1.05 bits per heavy atom. The molecule has 1 heterocycles. The molecule has 6 nitrogen and oxygen atoms in total. The second kappa shape index (κ2) is 10.6. The van der Waals surface area contributed by atoms with E-state index in [-0.39, 0.29) is 16.8 Å². The van der Waals surface area contributed by atoms with Gasteiger partial charge >= 0.3 is 0 Å². The van der Waals surface area contributed by atoms with E-state index in [9.17, 15) is 9.59 Å². The first kappa shape index (κ1) is 26.5. The number of anilines is 2. The fourth-order valence-electron chi connectivity index (χ4n) is 5.48. The number of hydrogen-bond acceptors (Lipinski definition) is 5. The number of fused-ring (bicyclic) bond motifs is 1. The molecule has 1 aliphatic heterocycles. The van der Waals surface area contributed by atoms with Crippen molar-refractivity contribution in [3.8, 4) is 11.5 Å². The maximum atomic E-state index is 15.0. The number of nitrogens with one attached hydrogen (secondary N) is 1. The normalized spacial score (nSPS) is 18.0. The third-order valence-corrected chi connectivity index (χ3v) is 7.19. The highest BCUT2D eigenvalue weighted by molar-refractivity contribution is 6.12. The summed E-state index contributed by atoms with van der Waals surface area (Å²) in [6.45, 7) is 6.67. The summed E-state index contributed by atoms with van der Waals surface area (Å²) >= 11 is 0. The summed E-state index contributed by atoms with van der Waals surface area (Å²) in [6.07, 6.45) is 1.79. The third-order valence-electron chi connectivity index (χ3n) is 7.19. The molecule has 7 heteroatoms. The van der Waals surface area contributed by atoms with E-state index in [1.807, 2.05) is 43.3 Å². The van der Waals surface area contributed by atoms with Crippen LogP contribution in [0.5, 0.6) is 11.5 Å². The molecule has 0 saturated carbocycles. The van der Waals surface area contributed by atoms with Crippen molar-refractivity contribution in [1.82, 2.24) is 0 Å². The van der Waals surface area contributed by atoms with Gasteiger partial charge in [0.15, 0.2) is 17.3 Å². The van der Waals surface area contributed by atoms with Gasteiger partial charge in [-0.05, 0) is 60.2 Å². The van der Waals surface area contributed by atoms with Crippen LogP contribution in [0.2, 0.25) is 0 Å². The van der Waals surface area contributed by atoms with Crippen molar-refractivity contribution in [3.05, 3.63) is 94.9 Å². The van der Waals surface area contributed by atoms with E-state index >= 15 is 4.39 Å². The minimum atomic E-state index is -0.819. The van der Waals surface area contributed by atoms with Crippen molar-refractivity contribution in [1.29, 1.82) is 0 Å². The molecule has 0 unspecified atom stereocenters. The van der Waals surface area contributed by atoms with Crippen molar-refractivity contribution < 1.29 is 23.5 Å². The predicted molar refractivity (Wildman–Crippen MR) is 150 cm³/mol. The SMILES string of the molecule is CCCOc1ccc([C@@H]2C3=C(CC(C)(C)CC3=O)Nc3ccccc3N2C(=O)c2ccccc2F)cc1OC. The van der Waals surface area contributed by atoms with Crippen LogP contribution < -0.4 is 19.7 Å². The van der Waals surface area contributed by atoms with Crippen LogP contribution in [0.1, 0.15) is 62.0 Å². The van der Waals surface area contributed by atoms with E-state index in [0.717, 1.165) is 12.1 Å². The zero-order chi connectivity index (χ0) is 27.7. The summed E-state index contributed by atoms with van der Waals surface area (Å²) in [6, 6.07) is 18.0. The fourth-order valence-corrected chi connectivity index (χ4v) is 5.48. The lowest BCUT2D eigenvalue weighted by molar-refractivity contribution is -0.118. The van der Waals surface area contributed by atoms with Crippen molar-refractivity contribution in [2.75, 3.05) is 23.9 Å². The second-order valence-corrected chi connectivity index (χ2v) is 10.8. The monoisotopic (exact) mass is 528 g/mol. The average Bonchev–Trinajstić information content (AvgIpc) is 3.05. The maximum absolute atomic E-state index is 15.0. The molecule has 3 aromatic carbocycles. The topological polar surface area (TPSA) is 67.9 Å². The fraction of sp³-hybridized carbons (Fsp3) is 0.312. The molecule has 3 aromatic rings. The first-order valence-corrected chi connectivity index (χ1v) is 13.2. The summed E-state index contributed by atoms with van der Waals surface area (Å²) in [4.78, 5) is 29.7. The first-order chi connectivity index (χ1) is 18.7. The number of benzene rings is 3. The van der Waals surface area contributed by atoms with Crippen molar-refractivity contribution in [2.45, 2.75) is 46.1 Å². The number of ether oxygens (including phenoxy) is 2. The van der Waals surface area contributed by atoms with Gasteiger partial charge in [-0.3, -0.25) is 14.5 Å². The molecule has 39 heavy (non-hydrogen) atoms. The molecule has 1 N–H and O–H groups in total. The summed E-state index contributed by atoms with van der Waals surface area (Å²) in [7, 11) is 1.56. The number of carbonyl (C=O) groups excluding carboxylic acids is 2. The molecule has 0 fully saturated rings. The van der Waals surface area contributed by atoms with Crippen LogP contribution in [0.3, 0.4) is 0 Å². The lowest BCUT2D eigenvalue weighted by atomic mass is 9.73. The van der Waals surface area contributed by atoms with Crippen LogP contribution in [0.15, 0.2) is 78.0 Å². The van der Waals surface area contributed by atoms with Crippen LogP contribution >= 0.6 is 0 Å². The molecule has 0 spiro atoms. The molecular weight excluding hydrogens is 495 g/mol. The Labute approximate surface area is 228 Å². The molecule has 0 bridgehead atoms. The molecule has 0 saturated heterocycles. The van der Waals surface area contributed by atoms with Crippen LogP contribution in [-0.4, -0.2) is 25.4 Å². The summed E-state index contributed by atoms with van der Waals surface area (Å²) < 4.78 is 26.6. The van der Waals surface area contributed by atoms with Gasteiger partial charge in [-0.15, -0.1) is 0 Å². The minimum Gasteiger partial charge on any atom is -0.493 e. The second-order valence-electron chi connectivity index (χ2n) is 10.8. The molecular formula is C32H33FN2O4. The van der Waals surface area contributed by atoms with Crippen LogP contribution in [0.4, 0.5) is 15.8 Å². The average molecular weight is 529 g/mol. The Hall–Kier alpha value is -4.13. The van der Waals surface area contributed by atoms with E-state index in [0.29, 0.717) is 53.5 Å². The van der Waals surface area contributed by atoms with Gasteiger partial charge in [-0.1, -0.05) is 51.1 Å². The van der Waals surface area contributed by atoms with Gasteiger partial charge < -0.3 is 14.8 Å². The van der Waals surface area contributed by atoms with Gasteiger partial charge in [0, 0.05) is 17.7 Å². The quantitative estimate of drug-likeness (QED) is 0.370. The largest absolute Gasteiger partial charge is 0.493 e. The Kier molecular flexibility index (Phi) is 7.17. The number of hydrogen-bond donors (Lipinski definition) is 1. The molecule has 1 aliphatic carbocycles. The van der Waals surface area contributed by atoms with E-state index in [4.69, 9.17) is 9.47 Å². The zero-order valence-corrected chi connectivity index (χ0v) is 22.7. The predicted octanol–water partition coefficient (Wildman–Crippen LogP) is 7.08. The van der Waals surface area contributed by atoms with Gasteiger partial charge in [-0.25, -0.2) is 4.39 Å². The maximum Gasteiger partial charge on any atom is 0.262 e. The molecule has 1 atom stereocenters. The Balaban J connectivity index is 1.78. The van der Waals surface area contributed by atoms with Gasteiger partial charge in [0.25, 0.3) is 5.91 Å². The molecule has 1 amide bonds. The number of allylic oxidation sites excluding steroid dienone is 1. The zero-order valence-electron chi connectivity index (χ0n) is 22.7. The number of rotatable bonds is 6. The lowest BCUT2D eigenvalue weighted by Gasteiger charge is -2.37. The highest BCUT2D eigenvalue weighted by atomic mass is 19.1. The van der Waals surface area contributed by atoms with Crippen molar-refractivity contribution in [3.63, 3.8) is 0 Å². The highest BCUT2D eigenvalue weighted by Crippen LogP contribution is 2.49. The van der Waals surface area contributed by atoms with Gasteiger partial charge in [0.1, 0.15) is 5.82 Å². The number of halogens is 1. The molecule has 202 valence electrons. The van der Waals surface area contributed by atoms with Crippen LogP contribution in [0, 0.1) is 11.2 Å². The summed E-state index contributed by atoms with van der Waals surface area (Å²) in [5, 5.41) is 3.48. The smallest absolute Gasteiger partial charge is 0.262 e. The lowest BCUT2D eigenvalue weighted by Crippen LogP contribution is -2.39. The number of amides is 1. The third kappa shape index (κ3) is 5.01. The van der Waals surface area contributed by atoms with E-state index in [1.165, 1.54) is 12.1 Å². The van der Waals surface area contributed by atoms with Gasteiger partial charge in [0.2, 0.25) is 0 Å². The minimum absolute atomic E-state index is 0.0526. The standard InChI is InChI=1S/C32H33FN2O4/c1-5-16-39-27-15-14-20(17-28(27)38-4)30-29-24(18-32(2,3)19-26(29)36)34-23-12-8-9-13-25(23)35(30)31(37)21-10-6-7-11-22(21)33/h6-15,17,30,34H,5,16,18-19H2,1-4H3/t30-/m1/s1. The van der Waals surface area contributed by atoms with E-state index in [1.54, 1.807) is 30.2 Å². The number of nitrogens with zero attached hydrogens (tertiary/aromatic N) is 1. The van der Waals surface area contributed by atoms with E-state index in [2.05, 4.69) is 19.2 Å². The molecule has 2 aliphatic rings. The van der Waals surface area contributed by atoms with Crippen molar-refractivity contribution >= 4 is 23.1 Å². The van der Waals surface area contributed by atoms with E-state index < -0.39 is 17.8 Å². The molecule has 0 aromatic heterocycles. The Morgan fingerprint density at radius 2 is 1.79 bits per heavy atom. The number of carbonyl (C=O) groups is 2. The Bertz CT molecular complexity index is 1460. The van der Waals surface area contributed by atoms with Gasteiger partial charge in [-0.2, -0.15) is 0 Å². The van der Waals surface area contributed by atoms with Crippen molar-refractivity contribution in [2.24, 2.45) is 5.41 Å². The first-order valence-electron chi connectivity index (χ1n) is 13.2. The summed E-state index contributed by atoms with van der Waals surface area (Å²) in [5.74, 6) is -0.141. The van der Waals surface area contributed by atoms with Crippen LogP contribution in [-0.2, 0) is 4.79 Å². The van der Waals surface area contributed by atoms with Crippen LogP contribution in [0.25, 0.3) is 0 Å². The number of para-hydroxylation sites is 2. The number of Topliss-reactive ketones (excluding diaryl/α,β-unsaturated/α-hetero) is 1. The number of methoxy groups -OCH3 is 1. The number of ketones is 1. The molecule has 5 rings (SSSR count).